The summed E-state index contributed by atoms with van der Waals surface area (Å²) in [5.74, 6) is 0.736. The molecule has 0 saturated carbocycles. The fourth-order valence-corrected chi connectivity index (χ4v) is 3.10. The number of nitrogens with one attached hydrogen (secondary N) is 2. The number of hydrogen-bond donors (Lipinski definition) is 2. The number of amides is 1. The minimum atomic E-state index is -0.261. The second kappa shape index (κ2) is 6.02. The lowest BCUT2D eigenvalue weighted by Gasteiger charge is -2.04. The fraction of sp³-hybridized carbons (Fsp3) is 0.125. The topological polar surface area (TPSA) is 97.7 Å². The number of anilines is 1. The summed E-state index contributed by atoms with van der Waals surface area (Å²) in [5.41, 5.74) is 4.85. The molecule has 4 aromatic rings. The number of ether oxygens (including phenoxy) is 1. The number of thiazole rings is 1. The van der Waals surface area contributed by atoms with Crippen molar-refractivity contribution >= 4 is 34.2 Å². The van der Waals surface area contributed by atoms with E-state index < -0.39 is 0 Å². The number of aromatic nitrogens is 5. The Morgan fingerprint density at radius 3 is 2.92 bits per heavy atom. The van der Waals surface area contributed by atoms with Crippen LogP contribution in [0, 0.1) is 0 Å². The second-order valence-electron chi connectivity index (χ2n) is 5.35. The third-order valence-corrected chi connectivity index (χ3v) is 4.50. The molecule has 126 valence electrons. The molecule has 1 aromatic carbocycles. The largest absolute Gasteiger partial charge is 0.494 e. The van der Waals surface area contributed by atoms with Gasteiger partial charge in [-0.1, -0.05) is 0 Å². The van der Waals surface area contributed by atoms with Crippen LogP contribution in [0.25, 0.3) is 22.2 Å². The maximum Gasteiger partial charge on any atom is 0.269 e. The predicted octanol–water partition coefficient (Wildman–Crippen LogP) is 2.68. The number of carbonyl (C=O) groups is 1. The van der Waals surface area contributed by atoms with Crippen LogP contribution in [0.15, 0.2) is 36.2 Å². The number of hydrogen-bond acceptors (Lipinski definition) is 6. The minimum Gasteiger partial charge on any atom is -0.494 e. The summed E-state index contributed by atoms with van der Waals surface area (Å²) in [6.07, 6.45) is 5.20. The molecule has 2 N–H and O–H groups in total. The van der Waals surface area contributed by atoms with Crippen molar-refractivity contribution in [3.63, 3.8) is 0 Å². The molecule has 9 heteroatoms. The summed E-state index contributed by atoms with van der Waals surface area (Å²) in [5, 5.41) is 6.96. The van der Waals surface area contributed by atoms with Gasteiger partial charge in [0.25, 0.3) is 5.91 Å². The number of aryl methyl sites for hydroxylation is 1. The van der Waals surface area contributed by atoms with Gasteiger partial charge in [0, 0.05) is 24.4 Å². The summed E-state index contributed by atoms with van der Waals surface area (Å²) in [6.45, 7) is 0. The molecule has 0 spiro atoms. The SMILES string of the molecule is COc1ccc(-c2cnn(C)c2)c2nc(NC(=O)c3cncs3)[nH]c12. The molecule has 0 aliphatic rings. The van der Waals surface area contributed by atoms with Gasteiger partial charge in [-0.05, 0) is 12.1 Å². The first kappa shape index (κ1) is 15.3. The standard InChI is InChI=1S/C16H14N6O2S/c1-22-7-9(5-18-22)10-3-4-11(24-2)14-13(10)19-16(20-14)21-15(23)12-6-17-8-25-12/h3-8H,1-2H3,(H2,19,20,21,23). The molecule has 0 bridgehead atoms. The fourth-order valence-electron chi connectivity index (χ4n) is 2.59. The van der Waals surface area contributed by atoms with E-state index in [4.69, 9.17) is 4.74 Å². The highest BCUT2D eigenvalue weighted by atomic mass is 32.1. The molecule has 0 fully saturated rings. The number of carbonyl (C=O) groups excluding carboxylic acids is 1. The smallest absolute Gasteiger partial charge is 0.269 e. The lowest BCUT2D eigenvalue weighted by atomic mass is 10.1. The van der Waals surface area contributed by atoms with Crippen LogP contribution in [0.1, 0.15) is 9.67 Å². The van der Waals surface area contributed by atoms with Gasteiger partial charge in [0.2, 0.25) is 5.95 Å². The highest BCUT2D eigenvalue weighted by molar-refractivity contribution is 7.11. The molecule has 4 rings (SSSR count). The number of methoxy groups -OCH3 is 1. The van der Waals surface area contributed by atoms with Crippen LogP contribution in [0.4, 0.5) is 5.95 Å². The molecule has 3 aromatic heterocycles. The van der Waals surface area contributed by atoms with Crippen molar-refractivity contribution in [3.8, 4) is 16.9 Å². The maximum absolute atomic E-state index is 12.2. The Labute approximate surface area is 146 Å². The number of rotatable bonds is 4. The quantitative estimate of drug-likeness (QED) is 0.587. The second-order valence-corrected chi connectivity index (χ2v) is 6.23. The molecule has 25 heavy (non-hydrogen) atoms. The number of nitrogens with zero attached hydrogens (tertiary/aromatic N) is 4. The van der Waals surface area contributed by atoms with Crippen LogP contribution in [0.3, 0.4) is 0 Å². The number of aromatic amines is 1. The van der Waals surface area contributed by atoms with Gasteiger partial charge in [0.15, 0.2) is 0 Å². The van der Waals surface area contributed by atoms with E-state index >= 15 is 0 Å². The van der Waals surface area contributed by atoms with E-state index in [2.05, 4.69) is 25.4 Å². The van der Waals surface area contributed by atoms with Crippen molar-refractivity contribution in [1.29, 1.82) is 0 Å². The minimum absolute atomic E-state index is 0.261. The molecule has 0 atom stereocenters. The van der Waals surface area contributed by atoms with Crippen molar-refractivity contribution in [2.45, 2.75) is 0 Å². The number of benzene rings is 1. The van der Waals surface area contributed by atoms with E-state index in [1.54, 1.807) is 23.5 Å². The lowest BCUT2D eigenvalue weighted by molar-refractivity contribution is 0.102. The molecule has 0 aliphatic heterocycles. The zero-order valence-corrected chi connectivity index (χ0v) is 14.3. The Bertz CT molecular complexity index is 1050. The number of H-pyrrole nitrogens is 1. The monoisotopic (exact) mass is 354 g/mol. The Morgan fingerprint density at radius 2 is 2.24 bits per heavy atom. The van der Waals surface area contributed by atoms with E-state index in [-0.39, 0.29) is 5.91 Å². The number of fused-ring (bicyclic) bond motifs is 1. The Morgan fingerprint density at radius 1 is 1.36 bits per heavy atom. The van der Waals surface area contributed by atoms with Crippen molar-refractivity contribution in [2.24, 2.45) is 7.05 Å². The van der Waals surface area contributed by atoms with Crippen LogP contribution in [0.2, 0.25) is 0 Å². The third kappa shape index (κ3) is 2.74. The predicted molar refractivity (Wildman–Crippen MR) is 94.9 cm³/mol. The first-order valence-electron chi connectivity index (χ1n) is 7.41. The van der Waals surface area contributed by atoms with Crippen molar-refractivity contribution in [1.82, 2.24) is 24.7 Å². The molecule has 0 radical (unpaired) electrons. The van der Waals surface area contributed by atoms with E-state index in [0.29, 0.717) is 27.6 Å². The van der Waals surface area contributed by atoms with Gasteiger partial charge in [-0.2, -0.15) is 5.10 Å². The normalized spacial score (nSPS) is 11.0. The van der Waals surface area contributed by atoms with E-state index in [0.717, 1.165) is 11.1 Å². The molecule has 0 saturated heterocycles. The van der Waals surface area contributed by atoms with Gasteiger partial charge in [-0.25, -0.2) is 4.98 Å². The highest BCUT2D eigenvalue weighted by Crippen LogP contribution is 2.33. The van der Waals surface area contributed by atoms with Crippen LogP contribution in [0.5, 0.6) is 5.75 Å². The van der Waals surface area contributed by atoms with Gasteiger partial charge in [-0.3, -0.25) is 19.8 Å². The molecule has 0 unspecified atom stereocenters. The Kier molecular flexibility index (Phi) is 3.69. The summed E-state index contributed by atoms with van der Waals surface area (Å²) in [6, 6.07) is 3.78. The van der Waals surface area contributed by atoms with E-state index in [1.165, 1.54) is 17.5 Å². The maximum atomic E-state index is 12.2. The molecular formula is C16H14N6O2S. The average Bonchev–Trinajstić information content (AvgIpc) is 3.33. The lowest BCUT2D eigenvalue weighted by Crippen LogP contribution is -2.11. The molecule has 0 aliphatic carbocycles. The zero-order valence-electron chi connectivity index (χ0n) is 13.5. The molecular weight excluding hydrogens is 340 g/mol. The third-order valence-electron chi connectivity index (χ3n) is 3.73. The van der Waals surface area contributed by atoms with Crippen LogP contribution >= 0.6 is 11.3 Å². The summed E-state index contributed by atoms with van der Waals surface area (Å²) in [7, 11) is 3.45. The zero-order chi connectivity index (χ0) is 17.4. The van der Waals surface area contributed by atoms with Gasteiger partial charge in [-0.15, -0.1) is 11.3 Å². The van der Waals surface area contributed by atoms with Gasteiger partial charge < -0.3 is 9.72 Å². The van der Waals surface area contributed by atoms with Crippen molar-refractivity contribution in [3.05, 3.63) is 41.1 Å². The molecule has 3 heterocycles. The molecule has 1 amide bonds. The van der Waals surface area contributed by atoms with Crippen molar-refractivity contribution < 1.29 is 9.53 Å². The number of imidazole rings is 1. The van der Waals surface area contributed by atoms with Crippen LogP contribution in [-0.2, 0) is 7.05 Å². The van der Waals surface area contributed by atoms with Gasteiger partial charge in [0.1, 0.15) is 21.7 Å². The summed E-state index contributed by atoms with van der Waals surface area (Å²) < 4.78 is 7.13. The van der Waals surface area contributed by atoms with E-state index in [1.807, 2.05) is 25.4 Å². The van der Waals surface area contributed by atoms with Gasteiger partial charge in [0.05, 0.1) is 25.0 Å². The van der Waals surface area contributed by atoms with Crippen LogP contribution in [-0.4, -0.2) is 37.7 Å². The van der Waals surface area contributed by atoms with Gasteiger partial charge >= 0.3 is 0 Å². The first-order chi connectivity index (χ1) is 12.2. The average molecular weight is 354 g/mol. The summed E-state index contributed by atoms with van der Waals surface area (Å²) >= 11 is 1.27. The first-order valence-corrected chi connectivity index (χ1v) is 8.29. The van der Waals surface area contributed by atoms with Crippen molar-refractivity contribution in [2.75, 3.05) is 12.4 Å². The Hall–Kier alpha value is -3.20. The van der Waals surface area contributed by atoms with E-state index in [9.17, 15) is 4.79 Å². The Balaban J connectivity index is 1.79. The molecule has 8 nitrogen and oxygen atoms in total. The van der Waals surface area contributed by atoms with Crippen LogP contribution < -0.4 is 10.1 Å². The summed E-state index contributed by atoms with van der Waals surface area (Å²) in [4.78, 5) is 24.3. The highest BCUT2D eigenvalue weighted by Gasteiger charge is 2.16.